The van der Waals surface area contributed by atoms with Crippen LogP contribution in [0.5, 0.6) is 0 Å². The van der Waals surface area contributed by atoms with E-state index >= 15 is 0 Å². The van der Waals surface area contributed by atoms with Gasteiger partial charge in [-0.2, -0.15) is 0 Å². The summed E-state index contributed by atoms with van der Waals surface area (Å²) in [5.74, 6) is 0.103. The molecular weight excluding hydrogens is 194 g/mol. The summed E-state index contributed by atoms with van der Waals surface area (Å²) in [6, 6.07) is 1.58. The highest BCUT2D eigenvalue weighted by molar-refractivity contribution is 5.93. The van der Waals surface area contributed by atoms with Gasteiger partial charge < -0.3 is 4.90 Å². The Hall–Kier alpha value is -1.78. The Bertz CT molecular complexity index is 368. The van der Waals surface area contributed by atoms with Crippen LogP contribution in [0.15, 0.2) is 18.6 Å². The molecule has 0 bridgehead atoms. The molecule has 0 atom stereocenters. The zero-order valence-electron chi connectivity index (χ0n) is 8.22. The molecule has 1 aliphatic heterocycles. The summed E-state index contributed by atoms with van der Waals surface area (Å²) < 4.78 is 0. The fraction of sp³-hybridized carbons (Fsp3) is 0.400. The van der Waals surface area contributed by atoms with Crippen molar-refractivity contribution >= 4 is 11.7 Å². The van der Waals surface area contributed by atoms with E-state index < -0.39 is 0 Å². The van der Waals surface area contributed by atoms with Gasteiger partial charge in [0.1, 0.15) is 17.8 Å². The molecule has 1 aromatic heterocycles. The molecule has 0 spiro atoms. The molecule has 0 N–H and O–H groups in total. The average molecular weight is 205 g/mol. The van der Waals surface area contributed by atoms with Gasteiger partial charge in [-0.15, -0.1) is 0 Å². The van der Waals surface area contributed by atoms with Crippen LogP contribution in [0.3, 0.4) is 0 Å². The van der Waals surface area contributed by atoms with Gasteiger partial charge in [0.15, 0.2) is 0 Å². The molecule has 1 saturated heterocycles. The lowest BCUT2D eigenvalue weighted by molar-refractivity contribution is -0.120. The minimum absolute atomic E-state index is 0.120. The number of hydrogen-bond donors (Lipinski definition) is 0. The second kappa shape index (κ2) is 4.16. The Balaban J connectivity index is 2.06. The normalized spacial score (nSPS) is 16.5. The molecule has 1 aromatic rings. The van der Waals surface area contributed by atoms with Crippen LogP contribution in [0, 0.1) is 0 Å². The Kier molecular flexibility index (Phi) is 2.71. The highest BCUT2D eigenvalue weighted by atomic mass is 16.2. The maximum atomic E-state index is 11.8. The van der Waals surface area contributed by atoms with E-state index in [4.69, 9.17) is 0 Å². The van der Waals surface area contributed by atoms with E-state index in [1.54, 1.807) is 11.0 Å². The van der Waals surface area contributed by atoms with Gasteiger partial charge in [-0.3, -0.25) is 9.59 Å². The van der Waals surface area contributed by atoms with Crippen LogP contribution in [0.25, 0.3) is 0 Å². The van der Waals surface area contributed by atoms with Crippen molar-refractivity contribution in [2.24, 2.45) is 0 Å². The number of ketones is 1. The maximum absolute atomic E-state index is 11.8. The lowest BCUT2D eigenvalue weighted by Crippen LogP contribution is -2.38. The van der Waals surface area contributed by atoms with E-state index in [2.05, 4.69) is 9.97 Å². The third-order valence-electron chi connectivity index (χ3n) is 2.41. The molecule has 5 heteroatoms. The Labute approximate surface area is 87.1 Å². The van der Waals surface area contributed by atoms with Gasteiger partial charge >= 0.3 is 0 Å². The number of carbonyl (C=O) groups excluding carboxylic acids is 2. The van der Waals surface area contributed by atoms with E-state index in [-0.39, 0.29) is 11.7 Å². The van der Waals surface area contributed by atoms with Gasteiger partial charge in [0.2, 0.25) is 0 Å². The van der Waals surface area contributed by atoms with Gasteiger partial charge in [-0.05, 0) is 6.07 Å². The summed E-state index contributed by atoms with van der Waals surface area (Å²) >= 11 is 0. The summed E-state index contributed by atoms with van der Waals surface area (Å²) in [4.78, 5) is 32.1. The first-order valence-corrected chi connectivity index (χ1v) is 4.84. The summed E-state index contributed by atoms with van der Waals surface area (Å²) in [5.41, 5.74) is 0.388. The summed E-state index contributed by atoms with van der Waals surface area (Å²) in [7, 11) is 0. The van der Waals surface area contributed by atoms with Crippen LogP contribution < -0.4 is 0 Å². The Morgan fingerprint density at radius 1 is 1.33 bits per heavy atom. The molecule has 0 radical (unpaired) electrons. The summed E-state index contributed by atoms with van der Waals surface area (Å²) in [6.07, 6.45) is 3.80. The third-order valence-corrected chi connectivity index (χ3v) is 2.41. The monoisotopic (exact) mass is 205 g/mol. The number of aromatic nitrogens is 2. The highest BCUT2D eigenvalue weighted by Crippen LogP contribution is 2.09. The largest absolute Gasteiger partial charge is 0.336 e. The Morgan fingerprint density at radius 3 is 2.67 bits per heavy atom. The topological polar surface area (TPSA) is 63.2 Å². The fourth-order valence-corrected chi connectivity index (χ4v) is 1.54. The first-order chi connectivity index (χ1) is 7.27. The number of rotatable bonds is 1. The molecule has 0 aromatic carbocycles. The van der Waals surface area contributed by atoms with Crippen LogP contribution in [0.2, 0.25) is 0 Å². The third kappa shape index (κ3) is 2.18. The Morgan fingerprint density at radius 2 is 2.07 bits per heavy atom. The molecular formula is C10H11N3O2. The first-order valence-electron chi connectivity index (χ1n) is 4.84. The van der Waals surface area contributed by atoms with Crippen LogP contribution in [-0.4, -0.2) is 39.6 Å². The van der Waals surface area contributed by atoms with E-state index in [0.717, 1.165) is 0 Å². The molecule has 1 fully saturated rings. The second-order valence-corrected chi connectivity index (χ2v) is 3.43. The number of nitrogens with zero attached hydrogens (tertiary/aromatic N) is 3. The van der Waals surface area contributed by atoms with Crippen molar-refractivity contribution in [3.63, 3.8) is 0 Å². The number of likely N-dealkylation sites (tertiary alicyclic amines) is 1. The van der Waals surface area contributed by atoms with Crippen molar-refractivity contribution in [1.29, 1.82) is 0 Å². The van der Waals surface area contributed by atoms with E-state index in [0.29, 0.717) is 31.6 Å². The predicted molar refractivity (Wildman–Crippen MR) is 52.2 cm³/mol. The quantitative estimate of drug-likeness (QED) is 0.660. The molecule has 5 nitrogen and oxygen atoms in total. The van der Waals surface area contributed by atoms with Gasteiger partial charge in [0.05, 0.1) is 0 Å². The van der Waals surface area contributed by atoms with Gasteiger partial charge in [-0.1, -0.05) is 0 Å². The van der Waals surface area contributed by atoms with Crippen LogP contribution >= 0.6 is 0 Å². The lowest BCUT2D eigenvalue weighted by atomic mass is 10.1. The number of amides is 1. The van der Waals surface area contributed by atoms with Crippen molar-refractivity contribution in [1.82, 2.24) is 14.9 Å². The summed E-state index contributed by atoms with van der Waals surface area (Å²) in [6.45, 7) is 1.00. The minimum Gasteiger partial charge on any atom is -0.336 e. The van der Waals surface area contributed by atoms with E-state index in [9.17, 15) is 9.59 Å². The summed E-state index contributed by atoms with van der Waals surface area (Å²) in [5, 5.41) is 0. The van der Waals surface area contributed by atoms with Gasteiger partial charge in [0.25, 0.3) is 5.91 Å². The van der Waals surface area contributed by atoms with Crippen molar-refractivity contribution in [2.45, 2.75) is 12.8 Å². The number of piperidine rings is 1. The maximum Gasteiger partial charge on any atom is 0.272 e. The first kappa shape index (κ1) is 9.76. The predicted octanol–water partition coefficient (Wildman–Crippen LogP) is 0.282. The fourth-order valence-electron chi connectivity index (χ4n) is 1.54. The number of hydrogen-bond acceptors (Lipinski definition) is 4. The van der Waals surface area contributed by atoms with Gasteiger partial charge in [-0.25, -0.2) is 9.97 Å². The van der Waals surface area contributed by atoms with Crippen LogP contribution in [0.1, 0.15) is 23.3 Å². The van der Waals surface area contributed by atoms with Crippen molar-refractivity contribution in [3.05, 3.63) is 24.3 Å². The molecule has 15 heavy (non-hydrogen) atoms. The minimum atomic E-state index is -0.120. The van der Waals surface area contributed by atoms with E-state index in [1.807, 2.05) is 0 Å². The number of carbonyl (C=O) groups is 2. The zero-order valence-corrected chi connectivity index (χ0v) is 8.22. The molecule has 0 unspecified atom stereocenters. The highest BCUT2D eigenvalue weighted by Gasteiger charge is 2.22. The SMILES string of the molecule is O=C1CCN(C(=O)c2ccncn2)CC1. The molecule has 2 heterocycles. The molecule has 1 amide bonds. The number of Topliss-reactive ketones (excluding diaryl/α,β-unsaturated/α-hetero) is 1. The van der Waals surface area contributed by atoms with E-state index in [1.165, 1.54) is 12.5 Å². The van der Waals surface area contributed by atoms with Crippen LogP contribution in [-0.2, 0) is 4.79 Å². The zero-order chi connectivity index (χ0) is 10.7. The molecule has 2 rings (SSSR count). The van der Waals surface area contributed by atoms with Crippen molar-refractivity contribution in [2.75, 3.05) is 13.1 Å². The second-order valence-electron chi connectivity index (χ2n) is 3.43. The smallest absolute Gasteiger partial charge is 0.272 e. The van der Waals surface area contributed by atoms with Crippen molar-refractivity contribution in [3.8, 4) is 0 Å². The molecule has 0 aliphatic carbocycles. The van der Waals surface area contributed by atoms with Crippen LogP contribution in [0.4, 0.5) is 0 Å². The molecule has 1 aliphatic rings. The average Bonchev–Trinajstić information content (AvgIpc) is 2.30. The standard InChI is InChI=1S/C10H11N3O2/c14-8-2-5-13(6-3-8)10(15)9-1-4-11-7-12-9/h1,4,7H,2-3,5-6H2. The lowest BCUT2D eigenvalue weighted by Gasteiger charge is -2.25. The molecule has 0 saturated carbocycles. The van der Waals surface area contributed by atoms with Crippen molar-refractivity contribution < 1.29 is 9.59 Å². The van der Waals surface area contributed by atoms with Gasteiger partial charge in [0, 0.05) is 32.1 Å². The molecule has 78 valence electrons.